The first-order valence-electron chi connectivity index (χ1n) is 5.85. The summed E-state index contributed by atoms with van der Waals surface area (Å²) in [6.45, 7) is -0.494. The molecule has 1 saturated heterocycles. The van der Waals surface area contributed by atoms with Crippen molar-refractivity contribution in [1.82, 2.24) is 0 Å². The Morgan fingerprint density at radius 2 is 1.65 bits per heavy atom. The maximum Gasteiger partial charge on any atom is 0.229 e. The maximum absolute atomic E-state index is 9.77. The number of anilines is 1. The summed E-state index contributed by atoms with van der Waals surface area (Å²) in [6, 6.07) is 6.38. The fraction of sp³-hybridized carbons (Fsp3) is 0.500. The number of ether oxygens (including phenoxy) is 2. The second-order valence-electron chi connectivity index (χ2n) is 4.38. The summed E-state index contributed by atoms with van der Waals surface area (Å²) in [5.41, 5.74) is 6.09. The van der Waals surface area contributed by atoms with Gasteiger partial charge >= 0.3 is 0 Å². The van der Waals surface area contributed by atoms with Crippen molar-refractivity contribution in [2.24, 2.45) is 0 Å². The van der Waals surface area contributed by atoms with Gasteiger partial charge in [-0.15, -0.1) is 12.4 Å². The standard InChI is InChI=1S/C12H17NO6.ClH/c13-6-1-3-7(4-2-6)18-12-11(17)10(16)9(15)8(5-14)19-12;/h1-4,8-12,14-17H,5,13H2;1H/t8?,9-,10+,11?,12-;/m1./s1. The smallest absolute Gasteiger partial charge is 0.229 e. The highest BCUT2D eigenvalue weighted by atomic mass is 35.5. The third-order valence-electron chi connectivity index (χ3n) is 2.98. The summed E-state index contributed by atoms with van der Waals surface area (Å²) in [5, 5.41) is 38.0. The van der Waals surface area contributed by atoms with Crippen molar-refractivity contribution >= 4 is 18.1 Å². The molecular weight excluding hydrogens is 290 g/mol. The van der Waals surface area contributed by atoms with Crippen LogP contribution in [0.15, 0.2) is 24.3 Å². The summed E-state index contributed by atoms with van der Waals surface area (Å²) in [6.07, 6.45) is -6.44. The number of aliphatic hydroxyl groups excluding tert-OH is 4. The molecule has 7 nitrogen and oxygen atoms in total. The van der Waals surface area contributed by atoms with Gasteiger partial charge in [0.2, 0.25) is 6.29 Å². The topological polar surface area (TPSA) is 125 Å². The predicted octanol–water partition coefficient (Wildman–Crippen LogP) is -1.13. The molecule has 2 unspecified atom stereocenters. The van der Waals surface area contributed by atoms with Crippen molar-refractivity contribution in [3.8, 4) is 5.75 Å². The lowest BCUT2D eigenvalue weighted by atomic mass is 9.99. The zero-order valence-corrected chi connectivity index (χ0v) is 11.3. The minimum Gasteiger partial charge on any atom is -0.462 e. The lowest BCUT2D eigenvalue weighted by Gasteiger charge is -2.39. The predicted molar refractivity (Wildman–Crippen MR) is 72.5 cm³/mol. The molecular formula is C12H18ClNO6. The van der Waals surface area contributed by atoms with Crippen LogP contribution in [0.5, 0.6) is 5.75 Å². The number of aliphatic hydroxyl groups is 4. The summed E-state index contributed by atoms with van der Waals surface area (Å²) >= 11 is 0. The quantitative estimate of drug-likeness (QED) is 0.447. The van der Waals surface area contributed by atoms with Gasteiger partial charge in [-0.25, -0.2) is 0 Å². The first-order valence-corrected chi connectivity index (χ1v) is 5.85. The van der Waals surface area contributed by atoms with Gasteiger partial charge in [0, 0.05) is 5.69 Å². The highest BCUT2D eigenvalue weighted by Crippen LogP contribution is 2.24. The molecule has 1 aliphatic heterocycles. The van der Waals surface area contributed by atoms with E-state index in [1.807, 2.05) is 0 Å². The second-order valence-corrected chi connectivity index (χ2v) is 4.38. The number of nitrogens with two attached hydrogens (primary N) is 1. The van der Waals surface area contributed by atoms with Crippen LogP contribution in [0.4, 0.5) is 5.69 Å². The van der Waals surface area contributed by atoms with Gasteiger partial charge < -0.3 is 35.6 Å². The molecule has 0 aliphatic carbocycles. The number of hydrogen-bond donors (Lipinski definition) is 5. The van der Waals surface area contributed by atoms with Crippen molar-refractivity contribution in [3.05, 3.63) is 24.3 Å². The minimum absolute atomic E-state index is 0. The normalized spacial score (nSPS) is 33.3. The van der Waals surface area contributed by atoms with Crippen molar-refractivity contribution in [3.63, 3.8) is 0 Å². The van der Waals surface area contributed by atoms with Crippen molar-refractivity contribution in [1.29, 1.82) is 0 Å². The van der Waals surface area contributed by atoms with E-state index < -0.39 is 37.3 Å². The number of nitrogen functional groups attached to an aromatic ring is 1. The second kappa shape index (κ2) is 7.07. The van der Waals surface area contributed by atoms with E-state index in [1.54, 1.807) is 24.3 Å². The zero-order chi connectivity index (χ0) is 14.0. The monoisotopic (exact) mass is 307 g/mol. The molecule has 5 atom stereocenters. The Morgan fingerprint density at radius 3 is 2.20 bits per heavy atom. The van der Waals surface area contributed by atoms with Crippen LogP contribution >= 0.6 is 12.4 Å². The molecule has 1 aromatic carbocycles. The molecule has 20 heavy (non-hydrogen) atoms. The summed E-state index contributed by atoms with van der Waals surface area (Å²) < 4.78 is 10.6. The van der Waals surface area contributed by atoms with Gasteiger partial charge in [-0.3, -0.25) is 0 Å². The first-order chi connectivity index (χ1) is 9.02. The third kappa shape index (κ3) is 3.51. The minimum atomic E-state index is -1.45. The molecule has 0 aromatic heterocycles. The largest absolute Gasteiger partial charge is 0.462 e. The Balaban J connectivity index is 0.00000200. The van der Waals surface area contributed by atoms with E-state index >= 15 is 0 Å². The number of halogens is 1. The van der Waals surface area contributed by atoms with Gasteiger partial charge in [0.1, 0.15) is 30.2 Å². The molecule has 0 spiro atoms. The first kappa shape index (κ1) is 17.0. The maximum atomic E-state index is 9.77. The fourth-order valence-electron chi connectivity index (χ4n) is 1.85. The van der Waals surface area contributed by atoms with Crippen LogP contribution in [0.25, 0.3) is 0 Å². The molecule has 114 valence electrons. The van der Waals surface area contributed by atoms with Gasteiger partial charge in [0.25, 0.3) is 0 Å². The number of rotatable bonds is 3. The average Bonchev–Trinajstić information content (AvgIpc) is 2.42. The van der Waals surface area contributed by atoms with Crippen LogP contribution in [0.2, 0.25) is 0 Å². The molecule has 1 heterocycles. The molecule has 6 N–H and O–H groups in total. The third-order valence-corrected chi connectivity index (χ3v) is 2.98. The van der Waals surface area contributed by atoms with Crippen LogP contribution in [0, 0.1) is 0 Å². The highest BCUT2D eigenvalue weighted by molar-refractivity contribution is 5.85. The van der Waals surface area contributed by atoms with Gasteiger partial charge in [-0.1, -0.05) is 0 Å². The molecule has 0 amide bonds. The van der Waals surface area contributed by atoms with Gasteiger partial charge in [0.05, 0.1) is 6.61 Å². The molecule has 2 rings (SSSR count). The molecule has 0 bridgehead atoms. The Morgan fingerprint density at radius 1 is 1.05 bits per heavy atom. The SMILES string of the molecule is Cl.Nc1ccc(O[C@@H]2OC(CO)[C@@H](O)[C@H](O)C2O)cc1. The van der Waals surface area contributed by atoms with E-state index in [4.69, 9.17) is 20.3 Å². The van der Waals surface area contributed by atoms with Crippen LogP contribution in [-0.4, -0.2) is 57.7 Å². The van der Waals surface area contributed by atoms with Crippen LogP contribution in [-0.2, 0) is 4.74 Å². The van der Waals surface area contributed by atoms with Gasteiger partial charge in [-0.05, 0) is 24.3 Å². The number of benzene rings is 1. The van der Waals surface area contributed by atoms with E-state index in [0.29, 0.717) is 11.4 Å². The van der Waals surface area contributed by atoms with Gasteiger partial charge in [-0.2, -0.15) is 0 Å². The summed E-state index contributed by atoms with van der Waals surface area (Å²) in [7, 11) is 0. The van der Waals surface area contributed by atoms with Crippen molar-refractivity contribution in [2.75, 3.05) is 12.3 Å². The lowest BCUT2D eigenvalue weighted by Crippen LogP contribution is -2.60. The highest BCUT2D eigenvalue weighted by Gasteiger charge is 2.44. The van der Waals surface area contributed by atoms with Crippen LogP contribution < -0.4 is 10.5 Å². The van der Waals surface area contributed by atoms with E-state index in [9.17, 15) is 15.3 Å². The van der Waals surface area contributed by atoms with E-state index in [-0.39, 0.29) is 12.4 Å². The van der Waals surface area contributed by atoms with E-state index in [1.165, 1.54) is 0 Å². The van der Waals surface area contributed by atoms with Crippen LogP contribution in [0.1, 0.15) is 0 Å². The lowest BCUT2D eigenvalue weighted by molar-refractivity contribution is -0.277. The zero-order valence-electron chi connectivity index (χ0n) is 10.5. The Labute approximate surface area is 122 Å². The van der Waals surface area contributed by atoms with Crippen molar-refractivity contribution < 1.29 is 29.9 Å². The van der Waals surface area contributed by atoms with Gasteiger partial charge in [0.15, 0.2) is 0 Å². The summed E-state index contributed by atoms with van der Waals surface area (Å²) in [4.78, 5) is 0. The Kier molecular flexibility index (Phi) is 6.00. The Bertz CT molecular complexity index is 415. The average molecular weight is 308 g/mol. The Hall–Kier alpha value is -1.09. The molecule has 0 saturated carbocycles. The van der Waals surface area contributed by atoms with E-state index in [2.05, 4.69) is 0 Å². The molecule has 1 fully saturated rings. The molecule has 1 aliphatic rings. The van der Waals surface area contributed by atoms with Crippen molar-refractivity contribution in [2.45, 2.75) is 30.7 Å². The van der Waals surface area contributed by atoms with E-state index in [0.717, 1.165) is 0 Å². The molecule has 0 radical (unpaired) electrons. The molecule has 8 heteroatoms. The van der Waals surface area contributed by atoms with Crippen LogP contribution in [0.3, 0.4) is 0 Å². The molecule has 1 aromatic rings. The number of hydrogen-bond acceptors (Lipinski definition) is 7. The fourth-order valence-corrected chi connectivity index (χ4v) is 1.85. The summed E-state index contributed by atoms with van der Waals surface area (Å²) in [5.74, 6) is 0.388.